The summed E-state index contributed by atoms with van der Waals surface area (Å²) in [6.45, 7) is 0. The van der Waals surface area contributed by atoms with E-state index in [0.717, 1.165) is 5.56 Å². The first-order valence-electron chi connectivity index (χ1n) is 7.11. The Morgan fingerprint density at radius 1 is 1.08 bits per heavy atom. The predicted octanol–water partition coefficient (Wildman–Crippen LogP) is 1.79. The summed E-state index contributed by atoms with van der Waals surface area (Å²) in [6, 6.07) is 12.6. The smallest absolute Gasteiger partial charge is 0.233 e. The number of para-hydroxylation sites is 2. The van der Waals surface area contributed by atoms with Crippen LogP contribution in [0, 0.1) is 5.82 Å². The minimum atomic E-state index is -3.58. The normalized spacial score (nSPS) is 11.4. The molecule has 0 atom stereocenters. The molecule has 7 nitrogen and oxygen atoms in total. The Labute approximate surface area is 138 Å². The number of halogens is 1. The Kier molecular flexibility index (Phi) is 4.52. The molecule has 3 rings (SSSR count). The number of aryl methyl sites for hydroxylation is 1. The van der Waals surface area contributed by atoms with E-state index >= 15 is 0 Å². The first kappa shape index (κ1) is 16.1. The van der Waals surface area contributed by atoms with E-state index in [1.54, 1.807) is 36.4 Å². The number of nitrogens with zero attached hydrogens (tertiary/aromatic N) is 4. The van der Waals surface area contributed by atoms with E-state index in [-0.39, 0.29) is 18.0 Å². The Hall–Kier alpha value is -2.81. The Morgan fingerprint density at radius 3 is 2.54 bits per heavy atom. The molecule has 0 amide bonds. The van der Waals surface area contributed by atoms with Crippen LogP contribution in [-0.2, 0) is 16.4 Å². The van der Waals surface area contributed by atoms with Crippen LogP contribution in [-0.4, -0.2) is 34.4 Å². The van der Waals surface area contributed by atoms with Crippen LogP contribution in [0.15, 0.2) is 54.9 Å². The SMILES string of the molecule is O=S(=O)(CCc1ccc(F)cc1)Nc1ccccc1-n1cnnn1. The first-order chi connectivity index (χ1) is 11.5. The van der Waals surface area contributed by atoms with E-state index in [1.165, 1.54) is 23.1 Å². The van der Waals surface area contributed by atoms with Crippen molar-refractivity contribution in [2.45, 2.75) is 6.42 Å². The van der Waals surface area contributed by atoms with E-state index in [4.69, 9.17) is 0 Å². The molecule has 3 aromatic rings. The molecule has 2 aromatic carbocycles. The van der Waals surface area contributed by atoms with Gasteiger partial charge in [0.1, 0.15) is 12.1 Å². The molecule has 0 saturated heterocycles. The first-order valence-corrected chi connectivity index (χ1v) is 8.76. The van der Waals surface area contributed by atoms with Gasteiger partial charge in [0.25, 0.3) is 0 Å². The highest BCUT2D eigenvalue weighted by molar-refractivity contribution is 7.92. The maximum atomic E-state index is 12.9. The second-order valence-corrected chi connectivity index (χ2v) is 6.91. The third-order valence-electron chi connectivity index (χ3n) is 3.34. The number of aromatic nitrogens is 4. The van der Waals surface area contributed by atoms with Crippen molar-refractivity contribution in [3.63, 3.8) is 0 Å². The topological polar surface area (TPSA) is 89.8 Å². The molecule has 24 heavy (non-hydrogen) atoms. The second kappa shape index (κ2) is 6.75. The quantitative estimate of drug-likeness (QED) is 0.734. The molecule has 0 unspecified atom stereocenters. The molecule has 0 radical (unpaired) electrons. The number of tetrazole rings is 1. The molecule has 0 spiro atoms. The van der Waals surface area contributed by atoms with Crippen LogP contribution < -0.4 is 4.72 Å². The third-order valence-corrected chi connectivity index (χ3v) is 4.61. The Morgan fingerprint density at radius 2 is 1.83 bits per heavy atom. The van der Waals surface area contributed by atoms with Crippen LogP contribution in [0.5, 0.6) is 0 Å². The number of sulfonamides is 1. The molecule has 0 bridgehead atoms. The molecule has 1 heterocycles. The summed E-state index contributed by atoms with van der Waals surface area (Å²) in [6.07, 6.45) is 1.66. The van der Waals surface area contributed by atoms with Gasteiger partial charge in [-0.05, 0) is 46.7 Å². The van der Waals surface area contributed by atoms with Crippen LogP contribution in [0.3, 0.4) is 0 Å². The van der Waals surface area contributed by atoms with Crippen LogP contribution in [0.1, 0.15) is 5.56 Å². The third kappa shape index (κ3) is 3.93. The lowest BCUT2D eigenvalue weighted by Gasteiger charge is -2.11. The van der Waals surface area contributed by atoms with E-state index in [0.29, 0.717) is 11.4 Å². The molecule has 1 N–H and O–H groups in total. The van der Waals surface area contributed by atoms with Gasteiger partial charge < -0.3 is 0 Å². The number of nitrogens with one attached hydrogen (secondary N) is 1. The van der Waals surface area contributed by atoms with Gasteiger partial charge in [0.05, 0.1) is 17.1 Å². The van der Waals surface area contributed by atoms with E-state index in [2.05, 4.69) is 20.2 Å². The van der Waals surface area contributed by atoms with Gasteiger partial charge in [-0.2, -0.15) is 4.68 Å². The number of hydrogen-bond donors (Lipinski definition) is 1. The zero-order valence-corrected chi connectivity index (χ0v) is 13.3. The van der Waals surface area contributed by atoms with Crippen molar-refractivity contribution in [1.82, 2.24) is 20.2 Å². The highest BCUT2D eigenvalue weighted by Gasteiger charge is 2.14. The summed E-state index contributed by atoms with van der Waals surface area (Å²) >= 11 is 0. The fourth-order valence-electron chi connectivity index (χ4n) is 2.15. The number of rotatable bonds is 6. The number of benzene rings is 2. The van der Waals surface area contributed by atoms with Gasteiger partial charge in [-0.3, -0.25) is 4.72 Å². The lowest BCUT2D eigenvalue weighted by Crippen LogP contribution is -2.19. The average molecular weight is 347 g/mol. The van der Waals surface area contributed by atoms with Crippen molar-refractivity contribution in [2.24, 2.45) is 0 Å². The standard InChI is InChI=1S/C15H14FN5O2S/c16-13-7-5-12(6-8-13)9-10-24(22,23)18-14-3-1-2-4-15(14)21-11-17-19-20-21/h1-8,11,18H,9-10H2. The number of hydrogen-bond acceptors (Lipinski definition) is 5. The van der Waals surface area contributed by atoms with Crippen molar-refractivity contribution in [3.05, 3.63) is 66.2 Å². The minimum absolute atomic E-state index is 0.122. The van der Waals surface area contributed by atoms with Gasteiger partial charge in [-0.25, -0.2) is 12.8 Å². The molecule has 1 aromatic heterocycles. The fraction of sp³-hybridized carbons (Fsp3) is 0.133. The van der Waals surface area contributed by atoms with Gasteiger partial charge in [-0.15, -0.1) is 5.10 Å². The van der Waals surface area contributed by atoms with Gasteiger partial charge in [-0.1, -0.05) is 24.3 Å². The van der Waals surface area contributed by atoms with Crippen LogP contribution in [0.2, 0.25) is 0 Å². The molecule has 9 heteroatoms. The summed E-state index contributed by atoms with van der Waals surface area (Å²) < 4.78 is 41.4. The van der Waals surface area contributed by atoms with Gasteiger partial charge in [0.15, 0.2) is 0 Å². The monoisotopic (exact) mass is 347 g/mol. The molecular formula is C15H14FN5O2S. The van der Waals surface area contributed by atoms with Crippen LogP contribution >= 0.6 is 0 Å². The summed E-state index contributed by atoms with van der Waals surface area (Å²) in [5.41, 5.74) is 1.65. The molecule has 0 fully saturated rings. The Balaban J connectivity index is 1.74. The van der Waals surface area contributed by atoms with Crippen molar-refractivity contribution in [2.75, 3.05) is 10.5 Å². The van der Waals surface area contributed by atoms with Crippen molar-refractivity contribution >= 4 is 15.7 Å². The largest absolute Gasteiger partial charge is 0.281 e. The maximum absolute atomic E-state index is 12.9. The Bertz CT molecular complexity index is 911. The minimum Gasteiger partial charge on any atom is -0.281 e. The van der Waals surface area contributed by atoms with Crippen molar-refractivity contribution < 1.29 is 12.8 Å². The maximum Gasteiger partial charge on any atom is 0.233 e. The second-order valence-electron chi connectivity index (χ2n) is 5.07. The zero-order valence-electron chi connectivity index (χ0n) is 12.5. The van der Waals surface area contributed by atoms with Crippen LogP contribution in [0.4, 0.5) is 10.1 Å². The van der Waals surface area contributed by atoms with Crippen molar-refractivity contribution in [3.8, 4) is 5.69 Å². The lowest BCUT2D eigenvalue weighted by molar-refractivity contribution is 0.600. The van der Waals surface area contributed by atoms with Gasteiger partial charge >= 0.3 is 0 Å². The summed E-state index contributed by atoms with van der Waals surface area (Å²) in [7, 11) is -3.58. The molecule has 0 aliphatic carbocycles. The van der Waals surface area contributed by atoms with Gasteiger partial charge in [0.2, 0.25) is 10.0 Å². The van der Waals surface area contributed by atoms with Crippen molar-refractivity contribution in [1.29, 1.82) is 0 Å². The molecule has 0 saturated carbocycles. The summed E-state index contributed by atoms with van der Waals surface area (Å²) in [5, 5.41) is 10.9. The summed E-state index contributed by atoms with van der Waals surface area (Å²) in [5.74, 6) is -0.474. The molecule has 124 valence electrons. The lowest BCUT2D eigenvalue weighted by atomic mass is 10.2. The molecular weight excluding hydrogens is 333 g/mol. The fourth-order valence-corrected chi connectivity index (χ4v) is 3.27. The average Bonchev–Trinajstić information content (AvgIpc) is 3.09. The van der Waals surface area contributed by atoms with E-state index in [9.17, 15) is 12.8 Å². The molecule has 0 aliphatic heterocycles. The molecule has 0 aliphatic rings. The number of anilines is 1. The zero-order chi connectivity index (χ0) is 17.0. The van der Waals surface area contributed by atoms with E-state index < -0.39 is 10.0 Å². The van der Waals surface area contributed by atoms with E-state index in [1.807, 2.05) is 0 Å². The highest BCUT2D eigenvalue weighted by atomic mass is 32.2. The predicted molar refractivity (Wildman–Crippen MR) is 86.7 cm³/mol. The summed E-state index contributed by atoms with van der Waals surface area (Å²) in [4.78, 5) is 0. The highest BCUT2D eigenvalue weighted by Crippen LogP contribution is 2.20. The van der Waals surface area contributed by atoms with Gasteiger partial charge in [0, 0.05) is 0 Å². The van der Waals surface area contributed by atoms with Crippen LogP contribution in [0.25, 0.3) is 5.69 Å².